The second-order valence-electron chi connectivity index (χ2n) is 6.31. The predicted octanol–water partition coefficient (Wildman–Crippen LogP) is 4.16. The van der Waals surface area contributed by atoms with Crippen molar-refractivity contribution in [1.29, 1.82) is 0 Å². The normalized spacial score (nSPS) is 17.0. The Morgan fingerprint density at radius 3 is 2.73 bits per heavy atom. The summed E-state index contributed by atoms with van der Waals surface area (Å²) in [4.78, 5) is 24.1. The molecule has 0 aromatic heterocycles. The number of rotatable bonds is 4. The Labute approximate surface area is 155 Å². The number of hydrogen-bond acceptors (Lipinski definition) is 4. The summed E-state index contributed by atoms with van der Waals surface area (Å²) in [5.74, 6) is 0.422. The van der Waals surface area contributed by atoms with Gasteiger partial charge in [-0.05, 0) is 48.7 Å². The number of nitrogens with one attached hydrogen (secondary N) is 1. The smallest absolute Gasteiger partial charge is 0.314 e. The van der Waals surface area contributed by atoms with Gasteiger partial charge in [0.25, 0.3) is 5.91 Å². The predicted molar refractivity (Wildman–Crippen MR) is 99.3 cm³/mol. The minimum atomic E-state index is -0.226. The van der Waals surface area contributed by atoms with Gasteiger partial charge >= 0.3 is 5.97 Å². The van der Waals surface area contributed by atoms with Crippen molar-refractivity contribution in [2.24, 2.45) is 5.92 Å². The van der Waals surface area contributed by atoms with Gasteiger partial charge in [0.05, 0.1) is 18.7 Å². The molecule has 1 amide bonds. The van der Waals surface area contributed by atoms with Crippen molar-refractivity contribution in [2.45, 2.75) is 12.8 Å². The van der Waals surface area contributed by atoms with Crippen LogP contribution in [-0.2, 0) is 9.59 Å². The van der Waals surface area contributed by atoms with E-state index in [4.69, 9.17) is 21.1 Å². The second-order valence-corrected chi connectivity index (χ2v) is 6.74. The number of methoxy groups -OCH3 is 1. The van der Waals surface area contributed by atoms with Gasteiger partial charge in [0.1, 0.15) is 0 Å². The summed E-state index contributed by atoms with van der Waals surface area (Å²) in [5, 5.41) is 3.37. The summed E-state index contributed by atoms with van der Waals surface area (Å²) in [7, 11) is 1.51. The molecule has 2 aromatic carbocycles. The molecule has 1 saturated carbocycles. The average Bonchev–Trinajstić information content (AvgIpc) is 3.42. The number of benzene rings is 2. The number of fused-ring (bicyclic) bond motifs is 1. The van der Waals surface area contributed by atoms with E-state index in [1.165, 1.54) is 7.11 Å². The van der Waals surface area contributed by atoms with Gasteiger partial charge in [-0.15, -0.1) is 0 Å². The maximum absolute atomic E-state index is 12.3. The topological polar surface area (TPSA) is 64.6 Å². The fourth-order valence-electron chi connectivity index (χ4n) is 2.85. The summed E-state index contributed by atoms with van der Waals surface area (Å²) in [6, 6.07) is 10.5. The maximum atomic E-state index is 12.3. The summed E-state index contributed by atoms with van der Waals surface area (Å²) >= 11 is 5.98. The van der Waals surface area contributed by atoms with Crippen molar-refractivity contribution in [3.63, 3.8) is 0 Å². The molecule has 4 rings (SSSR count). The second kappa shape index (κ2) is 6.50. The average molecular weight is 370 g/mol. The zero-order chi connectivity index (χ0) is 18.3. The lowest BCUT2D eigenvalue weighted by Gasteiger charge is -2.10. The Kier molecular flexibility index (Phi) is 4.17. The molecule has 0 unspecified atom stereocenters. The van der Waals surface area contributed by atoms with Gasteiger partial charge in [-0.1, -0.05) is 23.7 Å². The molecule has 1 aliphatic heterocycles. The van der Waals surface area contributed by atoms with Crippen LogP contribution in [0.5, 0.6) is 11.5 Å². The minimum absolute atomic E-state index is 0.00649. The number of anilines is 1. The number of esters is 1. The Bertz CT molecular complexity index is 947. The summed E-state index contributed by atoms with van der Waals surface area (Å²) in [6.45, 7) is 0. The summed E-state index contributed by atoms with van der Waals surface area (Å²) < 4.78 is 10.7. The zero-order valence-electron chi connectivity index (χ0n) is 14.0. The van der Waals surface area contributed by atoms with E-state index in [1.54, 1.807) is 36.4 Å². The lowest BCUT2D eigenvalue weighted by molar-refractivity contribution is -0.135. The molecule has 26 heavy (non-hydrogen) atoms. The third-order valence-corrected chi connectivity index (χ3v) is 4.62. The van der Waals surface area contributed by atoms with E-state index < -0.39 is 0 Å². The number of carbonyl (C=O) groups excluding carboxylic acids is 2. The largest absolute Gasteiger partial charge is 0.493 e. The summed E-state index contributed by atoms with van der Waals surface area (Å²) in [5.41, 5.74) is 2.79. The van der Waals surface area contributed by atoms with Gasteiger partial charge in [0, 0.05) is 16.2 Å². The molecule has 2 aliphatic rings. The highest BCUT2D eigenvalue weighted by molar-refractivity contribution is 6.36. The van der Waals surface area contributed by atoms with E-state index in [2.05, 4.69) is 5.32 Å². The molecular formula is C20H16ClNO4. The van der Waals surface area contributed by atoms with Gasteiger partial charge in [0.2, 0.25) is 0 Å². The molecule has 0 bridgehead atoms. The molecule has 1 N–H and O–H groups in total. The standard InChI is InChI=1S/C20H16ClNO4/c1-25-18-9-11(2-7-17(18)26-20(24)12-3-4-12)8-15-14-6-5-13(21)10-16(14)22-19(15)23/h2,5-10,12H,3-4H2,1H3,(H,22,23). The first-order valence-corrected chi connectivity index (χ1v) is 8.65. The Morgan fingerprint density at radius 1 is 1.19 bits per heavy atom. The van der Waals surface area contributed by atoms with Crippen LogP contribution >= 0.6 is 11.6 Å². The molecule has 1 fully saturated rings. The third-order valence-electron chi connectivity index (χ3n) is 4.38. The first-order chi connectivity index (χ1) is 12.5. The van der Waals surface area contributed by atoms with E-state index in [0.29, 0.717) is 27.8 Å². The van der Waals surface area contributed by atoms with Crippen LogP contribution in [0.1, 0.15) is 24.0 Å². The molecule has 0 spiro atoms. The van der Waals surface area contributed by atoms with Crippen LogP contribution in [0.25, 0.3) is 11.6 Å². The fraction of sp³-hybridized carbons (Fsp3) is 0.200. The number of carbonyl (C=O) groups is 2. The van der Waals surface area contributed by atoms with Gasteiger partial charge < -0.3 is 14.8 Å². The first-order valence-electron chi connectivity index (χ1n) is 8.28. The highest BCUT2D eigenvalue weighted by Gasteiger charge is 2.32. The molecule has 2 aromatic rings. The van der Waals surface area contributed by atoms with E-state index in [-0.39, 0.29) is 17.8 Å². The van der Waals surface area contributed by atoms with E-state index >= 15 is 0 Å². The van der Waals surface area contributed by atoms with Crippen molar-refractivity contribution in [3.05, 3.63) is 52.5 Å². The molecule has 6 heteroatoms. The fourth-order valence-corrected chi connectivity index (χ4v) is 3.02. The van der Waals surface area contributed by atoms with Crippen LogP contribution in [0.3, 0.4) is 0 Å². The maximum Gasteiger partial charge on any atom is 0.314 e. The Balaban J connectivity index is 1.65. The van der Waals surface area contributed by atoms with Gasteiger partial charge in [0.15, 0.2) is 11.5 Å². The molecule has 0 atom stereocenters. The minimum Gasteiger partial charge on any atom is -0.493 e. The number of ether oxygens (including phenoxy) is 2. The van der Waals surface area contributed by atoms with Gasteiger partial charge in [-0.2, -0.15) is 0 Å². The molecule has 1 aliphatic carbocycles. The Hall–Kier alpha value is -2.79. The summed E-state index contributed by atoms with van der Waals surface area (Å²) in [6.07, 6.45) is 3.53. The number of hydrogen-bond donors (Lipinski definition) is 1. The van der Waals surface area contributed by atoms with Crippen molar-refractivity contribution < 1.29 is 19.1 Å². The van der Waals surface area contributed by atoms with E-state index in [0.717, 1.165) is 24.0 Å². The molecule has 0 radical (unpaired) electrons. The number of halogens is 1. The number of amides is 1. The lowest BCUT2D eigenvalue weighted by atomic mass is 10.0. The van der Waals surface area contributed by atoms with Crippen molar-refractivity contribution in [1.82, 2.24) is 0 Å². The van der Waals surface area contributed by atoms with Crippen LogP contribution in [-0.4, -0.2) is 19.0 Å². The molecule has 132 valence electrons. The van der Waals surface area contributed by atoms with Crippen LogP contribution in [0.2, 0.25) is 5.02 Å². The SMILES string of the molecule is COc1cc(C=C2C(=O)Nc3cc(Cl)ccc32)ccc1OC(=O)C1CC1. The monoisotopic (exact) mass is 369 g/mol. The lowest BCUT2D eigenvalue weighted by Crippen LogP contribution is -2.10. The van der Waals surface area contributed by atoms with Crippen molar-refractivity contribution >= 4 is 40.8 Å². The van der Waals surface area contributed by atoms with Crippen LogP contribution in [0.15, 0.2) is 36.4 Å². The van der Waals surface area contributed by atoms with Crippen LogP contribution in [0, 0.1) is 5.92 Å². The molecule has 5 nitrogen and oxygen atoms in total. The Morgan fingerprint density at radius 2 is 2.00 bits per heavy atom. The van der Waals surface area contributed by atoms with E-state index in [1.807, 2.05) is 6.07 Å². The van der Waals surface area contributed by atoms with Gasteiger partial charge in [-0.25, -0.2) is 0 Å². The van der Waals surface area contributed by atoms with E-state index in [9.17, 15) is 9.59 Å². The first kappa shape index (κ1) is 16.7. The highest BCUT2D eigenvalue weighted by Crippen LogP contribution is 2.37. The molecule has 0 saturated heterocycles. The van der Waals surface area contributed by atoms with Crippen molar-refractivity contribution in [3.8, 4) is 11.5 Å². The van der Waals surface area contributed by atoms with Crippen molar-refractivity contribution in [2.75, 3.05) is 12.4 Å². The molecule has 1 heterocycles. The van der Waals surface area contributed by atoms with Crippen LogP contribution in [0.4, 0.5) is 5.69 Å². The quantitative estimate of drug-likeness (QED) is 0.499. The van der Waals surface area contributed by atoms with Crippen LogP contribution < -0.4 is 14.8 Å². The van der Waals surface area contributed by atoms with Gasteiger partial charge in [-0.3, -0.25) is 9.59 Å². The zero-order valence-corrected chi connectivity index (χ0v) is 14.8. The molecular weight excluding hydrogens is 354 g/mol. The third kappa shape index (κ3) is 3.18. The highest BCUT2D eigenvalue weighted by atomic mass is 35.5.